The highest BCUT2D eigenvalue weighted by Crippen LogP contribution is 2.52. The summed E-state index contributed by atoms with van der Waals surface area (Å²) in [6, 6.07) is 6.80. The Balaban J connectivity index is 1.41. The summed E-state index contributed by atoms with van der Waals surface area (Å²) in [6.07, 6.45) is 2.67. The normalized spacial score (nSPS) is 29.6. The highest BCUT2D eigenvalue weighted by molar-refractivity contribution is 5.97. The first-order valence-corrected chi connectivity index (χ1v) is 9.55. The molecule has 1 aliphatic heterocycles. The number of amides is 2. The van der Waals surface area contributed by atoms with E-state index in [0.717, 1.165) is 19.3 Å². The Kier molecular flexibility index (Phi) is 4.86. The van der Waals surface area contributed by atoms with Gasteiger partial charge in [-0.1, -0.05) is 0 Å². The largest absolute Gasteiger partial charge is 0.481 e. The van der Waals surface area contributed by atoms with Gasteiger partial charge in [0, 0.05) is 24.3 Å². The van der Waals surface area contributed by atoms with Gasteiger partial charge in [0.2, 0.25) is 5.91 Å². The molecule has 2 bridgehead atoms. The molecule has 0 aromatic heterocycles. The summed E-state index contributed by atoms with van der Waals surface area (Å²) in [6.45, 7) is 2.26. The standard InChI is InChI=1S/C20H24N2O5/c23-18(16-13-1-2-14(11-13)17(16)20(25)26)21-15-5-3-12(4-6-15)19(24)22-7-9-27-10-8-22/h3-6,13-14,16-17H,1-2,7-11H2,(H,21,23)(H,25,26)/t13-,14+,16-,17+/m1/s1. The minimum Gasteiger partial charge on any atom is -0.481 e. The number of aliphatic carboxylic acids is 1. The average molecular weight is 372 g/mol. The molecule has 2 amide bonds. The van der Waals surface area contributed by atoms with Crippen molar-refractivity contribution in [3.05, 3.63) is 29.8 Å². The zero-order chi connectivity index (χ0) is 19.0. The van der Waals surface area contributed by atoms with Crippen molar-refractivity contribution >= 4 is 23.5 Å². The van der Waals surface area contributed by atoms with Crippen molar-refractivity contribution < 1.29 is 24.2 Å². The van der Waals surface area contributed by atoms with E-state index in [1.165, 1.54) is 0 Å². The molecule has 0 spiro atoms. The second kappa shape index (κ2) is 7.31. The van der Waals surface area contributed by atoms with E-state index >= 15 is 0 Å². The Morgan fingerprint density at radius 2 is 1.63 bits per heavy atom. The molecule has 3 aliphatic rings. The van der Waals surface area contributed by atoms with Crippen molar-refractivity contribution in [2.75, 3.05) is 31.6 Å². The molecule has 4 atom stereocenters. The summed E-state index contributed by atoms with van der Waals surface area (Å²) in [5.41, 5.74) is 1.16. The molecule has 7 heteroatoms. The molecule has 27 heavy (non-hydrogen) atoms. The van der Waals surface area contributed by atoms with E-state index in [9.17, 15) is 19.5 Å². The second-order valence-corrected chi connectivity index (χ2v) is 7.69. The van der Waals surface area contributed by atoms with Crippen molar-refractivity contribution in [2.24, 2.45) is 23.7 Å². The molecule has 1 aromatic rings. The molecule has 2 N–H and O–H groups in total. The fourth-order valence-electron chi connectivity index (χ4n) is 4.89. The van der Waals surface area contributed by atoms with Gasteiger partial charge in [-0.15, -0.1) is 0 Å². The number of carbonyl (C=O) groups excluding carboxylic acids is 2. The van der Waals surface area contributed by atoms with Crippen LogP contribution in [0.1, 0.15) is 29.6 Å². The lowest BCUT2D eigenvalue weighted by Gasteiger charge is -2.27. The molecule has 1 aromatic carbocycles. The Hall–Kier alpha value is -2.41. The number of morpholine rings is 1. The van der Waals surface area contributed by atoms with Crippen LogP contribution in [0.15, 0.2) is 24.3 Å². The van der Waals surface area contributed by atoms with Crippen LogP contribution in [0.4, 0.5) is 5.69 Å². The van der Waals surface area contributed by atoms with Crippen LogP contribution in [0.2, 0.25) is 0 Å². The van der Waals surface area contributed by atoms with Crippen LogP contribution in [0.25, 0.3) is 0 Å². The molecule has 3 fully saturated rings. The number of benzene rings is 1. The van der Waals surface area contributed by atoms with Gasteiger partial charge in [0.25, 0.3) is 5.91 Å². The number of fused-ring (bicyclic) bond motifs is 2. The van der Waals surface area contributed by atoms with Crippen molar-refractivity contribution in [2.45, 2.75) is 19.3 Å². The molecule has 2 aliphatic carbocycles. The van der Waals surface area contributed by atoms with Gasteiger partial charge in [-0.05, 0) is 55.4 Å². The Morgan fingerprint density at radius 3 is 2.26 bits per heavy atom. The predicted octanol–water partition coefficient (Wildman–Crippen LogP) is 1.84. The first-order chi connectivity index (χ1) is 13.0. The number of nitrogens with one attached hydrogen (secondary N) is 1. The maximum Gasteiger partial charge on any atom is 0.307 e. The molecule has 144 valence electrons. The van der Waals surface area contributed by atoms with Crippen LogP contribution in [0.5, 0.6) is 0 Å². The fourth-order valence-corrected chi connectivity index (χ4v) is 4.89. The zero-order valence-corrected chi connectivity index (χ0v) is 15.1. The van der Waals surface area contributed by atoms with Crippen LogP contribution >= 0.6 is 0 Å². The number of hydrogen-bond donors (Lipinski definition) is 2. The predicted molar refractivity (Wildman–Crippen MR) is 97.2 cm³/mol. The Bertz CT molecular complexity index is 741. The Morgan fingerprint density at radius 1 is 1.00 bits per heavy atom. The molecular weight excluding hydrogens is 348 g/mol. The van der Waals surface area contributed by atoms with Crippen molar-refractivity contribution in [3.8, 4) is 0 Å². The van der Waals surface area contributed by atoms with E-state index in [4.69, 9.17) is 4.74 Å². The highest BCUT2D eigenvalue weighted by atomic mass is 16.5. The summed E-state index contributed by atoms with van der Waals surface area (Å²) < 4.78 is 5.26. The zero-order valence-electron chi connectivity index (χ0n) is 15.1. The molecule has 0 radical (unpaired) electrons. The van der Waals surface area contributed by atoms with Gasteiger partial charge in [-0.2, -0.15) is 0 Å². The average Bonchev–Trinajstić information content (AvgIpc) is 3.30. The van der Waals surface area contributed by atoms with Crippen LogP contribution in [-0.4, -0.2) is 54.1 Å². The van der Waals surface area contributed by atoms with Crippen LogP contribution < -0.4 is 5.32 Å². The molecule has 1 saturated heterocycles. The summed E-state index contributed by atoms with van der Waals surface area (Å²) in [7, 11) is 0. The maximum atomic E-state index is 12.7. The summed E-state index contributed by atoms with van der Waals surface area (Å²) in [4.78, 5) is 38.5. The molecule has 7 nitrogen and oxygen atoms in total. The van der Waals surface area contributed by atoms with E-state index < -0.39 is 17.8 Å². The van der Waals surface area contributed by atoms with E-state index in [-0.39, 0.29) is 23.7 Å². The molecular formula is C20H24N2O5. The minimum absolute atomic E-state index is 0.0461. The summed E-state index contributed by atoms with van der Waals surface area (Å²) in [5, 5.41) is 12.4. The number of carbonyl (C=O) groups is 3. The fraction of sp³-hybridized carbons (Fsp3) is 0.550. The molecule has 0 unspecified atom stereocenters. The highest BCUT2D eigenvalue weighted by Gasteiger charge is 2.53. The summed E-state index contributed by atoms with van der Waals surface area (Å²) >= 11 is 0. The molecule has 1 heterocycles. The number of rotatable bonds is 4. The van der Waals surface area contributed by atoms with Crippen LogP contribution in [-0.2, 0) is 14.3 Å². The van der Waals surface area contributed by atoms with Gasteiger partial charge in [0.1, 0.15) is 0 Å². The smallest absolute Gasteiger partial charge is 0.307 e. The lowest BCUT2D eigenvalue weighted by Crippen LogP contribution is -2.40. The number of nitrogens with zero attached hydrogens (tertiary/aromatic N) is 1. The van der Waals surface area contributed by atoms with Gasteiger partial charge in [-0.25, -0.2) is 0 Å². The number of carboxylic acid groups (broad SMARTS) is 1. The minimum atomic E-state index is -0.867. The van der Waals surface area contributed by atoms with E-state index in [1.807, 2.05) is 0 Å². The SMILES string of the molecule is O=C(Nc1ccc(C(=O)N2CCOCC2)cc1)[C@@H]1[C@@H]2CC[C@@H](C2)[C@@H]1C(=O)O. The van der Waals surface area contributed by atoms with Crippen molar-refractivity contribution in [1.82, 2.24) is 4.90 Å². The number of anilines is 1. The monoisotopic (exact) mass is 372 g/mol. The number of ether oxygens (including phenoxy) is 1. The first-order valence-electron chi connectivity index (χ1n) is 9.55. The lowest BCUT2D eigenvalue weighted by molar-refractivity contribution is -0.148. The van der Waals surface area contributed by atoms with Crippen molar-refractivity contribution in [3.63, 3.8) is 0 Å². The Labute approximate surface area is 157 Å². The lowest BCUT2D eigenvalue weighted by atomic mass is 9.78. The van der Waals surface area contributed by atoms with E-state index in [1.54, 1.807) is 29.2 Å². The third-order valence-corrected chi connectivity index (χ3v) is 6.20. The van der Waals surface area contributed by atoms with Gasteiger partial charge < -0.3 is 20.1 Å². The first kappa shape index (κ1) is 18.0. The van der Waals surface area contributed by atoms with Gasteiger partial charge >= 0.3 is 5.97 Å². The summed E-state index contributed by atoms with van der Waals surface area (Å²) in [5.74, 6) is -1.89. The molecule has 2 saturated carbocycles. The number of carboxylic acids is 1. The van der Waals surface area contributed by atoms with E-state index in [0.29, 0.717) is 37.6 Å². The topological polar surface area (TPSA) is 95.9 Å². The van der Waals surface area contributed by atoms with Gasteiger partial charge in [0.05, 0.1) is 25.0 Å². The van der Waals surface area contributed by atoms with Gasteiger partial charge in [-0.3, -0.25) is 14.4 Å². The van der Waals surface area contributed by atoms with Crippen molar-refractivity contribution in [1.29, 1.82) is 0 Å². The quantitative estimate of drug-likeness (QED) is 0.841. The van der Waals surface area contributed by atoms with Crippen LogP contribution in [0, 0.1) is 23.7 Å². The van der Waals surface area contributed by atoms with Gasteiger partial charge in [0.15, 0.2) is 0 Å². The molecule has 4 rings (SSSR count). The number of hydrogen-bond acceptors (Lipinski definition) is 4. The van der Waals surface area contributed by atoms with Crippen LogP contribution in [0.3, 0.4) is 0 Å². The maximum absolute atomic E-state index is 12.7. The second-order valence-electron chi connectivity index (χ2n) is 7.69. The van der Waals surface area contributed by atoms with E-state index in [2.05, 4.69) is 5.32 Å². The third kappa shape index (κ3) is 3.43. The third-order valence-electron chi connectivity index (χ3n) is 6.20.